The number of urea groups is 1. The second-order valence-electron chi connectivity index (χ2n) is 8.26. The van der Waals surface area contributed by atoms with Crippen molar-refractivity contribution in [2.24, 2.45) is 0 Å². The Morgan fingerprint density at radius 2 is 1.83 bits per heavy atom. The smallest absolute Gasteiger partial charge is 0.318 e. The zero-order chi connectivity index (χ0) is 24.6. The third-order valence-corrected chi connectivity index (χ3v) is 5.88. The van der Waals surface area contributed by atoms with Gasteiger partial charge in [0.1, 0.15) is 5.69 Å². The largest absolute Gasteiger partial charge is 0.493 e. The predicted molar refractivity (Wildman–Crippen MR) is 130 cm³/mol. The van der Waals surface area contributed by atoms with Crippen molar-refractivity contribution in [3.05, 3.63) is 59.8 Å². The van der Waals surface area contributed by atoms with E-state index in [1.807, 2.05) is 36.4 Å². The fourth-order valence-corrected chi connectivity index (χ4v) is 4.08. The SMILES string of the molecule is COc1cc(-c2cc(CN(CC3CCCO3)C(=O)NCc3ccccc3)no2)cc(OC)c1OC. The number of rotatable bonds is 10. The molecule has 3 aromatic rings. The number of amides is 2. The maximum Gasteiger partial charge on any atom is 0.318 e. The summed E-state index contributed by atoms with van der Waals surface area (Å²) >= 11 is 0. The first-order chi connectivity index (χ1) is 17.1. The summed E-state index contributed by atoms with van der Waals surface area (Å²) in [6.45, 7) is 1.93. The molecule has 1 unspecified atom stereocenters. The highest BCUT2D eigenvalue weighted by Gasteiger charge is 2.24. The van der Waals surface area contributed by atoms with Gasteiger partial charge in [0.2, 0.25) is 5.75 Å². The fraction of sp³-hybridized carbons (Fsp3) is 0.385. The van der Waals surface area contributed by atoms with E-state index < -0.39 is 0 Å². The van der Waals surface area contributed by atoms with Crippen molar-refractivity contribution in [1.29, 1.82) is 0 Å². The first kappa shape index (κ1) is 24.4. The van der Waals surface area contributed by atoms with Crippen molar-refractivity contribution in [3.63, 3.8) is 0 Å². The quantitative estimate of drug-likeness (QED) is 0.462. The van der Waals surface area contributed by atoms with Crippen LogP contribution in [-0.4, -0.2) is 56.7 Å². The van der Waals surface area contributed by atoms with E-state index in [9.17, 15) is 4.79 Å². The molecule has 0 spiro atoms. The Morgan fingerprint density at radius 1 is 1.09 bits per heavy atom. The lowest BCUT2D eigenvalue weighted by atomic mass is 10.1. The molecule has 1 aliphatic rings. The normalized spacial score (nSPS) is 15.0. The Hall–Kier alpha value is -3.72. The van der Waals surface area contributed by atoms with Gasteiger partial charge in [-0.05, 0) is 30.5 Å². The van der Waals surface area contributed by atoms with Gasteiger partial charge in [-0.15, -0.1) is 0 Å². The van der Waals surface area contributed by atoms with E-state index >= 15 is 0 Å². The van der Waals surface area contributed by atoms with Gasteiger partial charge in [-0.25, -0.2) is 4.79 Å². The summed E-state index contributed by atoms with van der Waals surface area (Å²) in [5.41, 5.74) is 2.38. The minimum absolute atomic E-state index is 0.0129. The van der Waals surface area contributed by atoms with Gasteiger partial charge in [0.05, 0.1) is 34.0 Å². The van der Waals surface area contributed by atoms with Crippen LogP contribution in [0.1, 0.15) is 24.1 Å². The van der Waals surface area contributed by atoms with E-state index in [4.69, 9.17) is 23.5 Å². The van der Waals surface area contributed by atoms with Crippen LogP contribution in [0.5, 0.6) is 17.2 Å². The number of carbonyl (C=O) groups excluding carboxylic acids is 1. The Bertz CT molecular complexity index is 1090. The van der Waals surface area contributed by atoms with Gasteiger partial charge in [0.25, 0.3) is 0 Å². The summed E-state index contributed by atoms with van der Waals surface area (Å²) < 4.78 is 27.7. The highest BCUT2D eigenvalue weighted by atomic mass is 16.5. The number of methoxy groups -OCH3 is 3. The van der Waals surface area contributed by atoms with E-state index in [0.29, 0.717) is 41.8 Å². The highest BCUT2D eigenvalue weighted by Crippen LogP contribution is 2.41. The summed E-state index contributed by atoms with van der Waals surface area (Å²) in [6.07, 6.45) is 1.94. The van der Waals surface area contributed by atoms with Crippen molar-refractivity contribution < 1.29 is 28.3 Å². The molecule has 2 heterocycles. The minimum atomic E-state index is -0.179. The van der Waals surface area contributed by atoms with E-state index in [2.05, 4.69) is 10.5 Å². The Kier molecular flexibility index (Phi) is 8.10. The minimum Gasteiger partial charge on any atom is -0.493 e. The summed E-state index contributed by atoms with van der Waals surface area (Å²) in [5, 5.41) is 7.21. The molecule has 0 bridgehead atoms. The third-order valence-electron chi connectivity index (χ3n) is 5.88. The van der Waals surface area contributed by atoms with E-state index in [1.54, 1.807) is 38.4 Å². The van der Waals surface area contributed by atoms with Crippen LogP contribution in [0.15, 0.2) is 53.1 Å². The van der Waals surface area contributed by atoms with E-state index in [1.165, 1.54) is 0 Å². The monoisotopic (exact) mass is 481 g/mol. The number of benzene rings is 2. The van der Waals surface area contributed by atoms with Gasteiger partial charge >= 0.3 is 6.03 Å². The van der Waals surface area contributed by atoms with Crippen molar-refractivity contribution in [3.8, 4) is 28.6 Å². The van der Waals surface area contributed by atoms with Crippen molar-refractivity contribution in [2.45, 2.75) is 32.0 Å². The van der Waals surface area contributed by atoms with Crippen LogP contribution in [0.4, 0.5) is 4.79 Å². The summed E-state index contributed by atoms with van der Waals surface area (Å²) in [4.78, 5) is 14.8. The third kappa shape index (κ3) is 6.05. The predicted octanol–water partition coefficient (Wildman–Crippen LogP) is 4.26. The molecule has 0 saturated carbocycles. The van der Waals surface area contributed by atoms with Gasteiger partial charge < -0.3 is 33.7 Å². The molecule has 1 aromatic heterocycles. The number of ether oxygens (including phenoxy) is 4. The zero-order valence-corrected chi connectivity index (χ0v) is 20.3. The molecule has 2 aromatic carbocycles. The molecule has 9 heteroatoms. The molecule has 1 saturated heterocycles. The van der Waals surface area contributed by atoms with Crippen LogP contribution in [-0.2, 0) is 17.8 Å². The summed E-state index contributed by atoms with van der Waals surface area (Å²) in [6, 6.07) is 15.0. The first-order valence-electron chi connectivity index (χ1n) is 11.6. The average Bonchev–Trinajstić information content (AvgIpc) is 3.59. The lowest BCUT2D eigenvalue weighted by Gasteiger charge is -2.25. The molecule has 4 rings (SSSR count). The molecule has 186 valence electrons. The van der Waals surface area contributed by atoms with Crippen molar-refractivity contribution in [1.82, 2.24) is 15.4 Å². The first-order valence-corrected chi connectivity index (χ1v) is 11.6. The highest BCUT2D eigenvalue weighted by molar-refractivity contribution is 5.74. The van der Waals surface area contributed by atoms with E-state index in [0.717, 1.165) is 30.6 Å². The van der Waals surface area contributed by atoms with Crippen LogP contribution in [0.3, 0.4) is 0 Å². The molecule has 35 heavy (non-hydrogen) atoms. The molecule has 0 radical (unpaired) electrons. The molecule has 1 N–H and O–H groups in total. The van der Waals surface area contributed by atoms with Crippen LogP contribution in [0, 0.1) is 0 Å². The molecular weight excluding hydrogens is 450 g/mol. The number of carbonyl (C=O) groups is 1. The molecule has 1 atom stereocenters. The molecule has 1 fully saturated rings. The van der Waals surface area contributed by atoms with Crippen LogP contribution < -0.4 is 19.5 Å². The fourth-order valence-electron chi connectivity index (χ4n) is 4.08. The lowest BCUT2D eigenvalue weighted by Crippen LogP contribution is -2.43. The van der Waals surface area contributed by atoms with Gasteiger partial charge in [0.15, 0.2) is 17.3 Å². The Balaban J connectivity index is 1.50. The summed E-state index contributed by atoms with van der Waals surface area (Å²) in [7, 11) is 4.67. The van der Waals surface area contributed by atoms with Crippen molar-refractivity contribution >= 4 is 6.03 Å². The van der Waals surface area contributed by atoms with Crippen LogP contribution in [0.2, 0.25) is 0 Å². The zero-order valence-electron chi connectivity index (χ0n) is 20.3. The van der Waals surface area contributed by atoms with Gasteiger partial charge in [0, 0.05) is 31.3 Å². The second-order valence-corrected chi connectivity index (χ2v) is 8.26. The van der Waals surface area contributed by atoms with Crippen molar-refractivity contribution in [2.75, 3.05) is 34.5 Å². The van der Waals surface area contributed by atoms with Crippen LogP contribution in [0.25, 0.3) is 11.3 Å². The van der Waals surface area contributed by atoms with Crippen LogP contribution >= 0.6 is 0 Å². The standard InChI is InChI=1S/C26H31N3O6/c1-31-23-12-19(13-24(32-2)25(23)33-3)22-14-20(28-35-22)16-29(17-21-10-7-11-34-21)26(30)27-15-18-8-5-4-6-9-18/h4-6,8-9,12-14,21H,7,10-11,15-17H2,1-3H3,(H,27,30). The van der Waals surface area contributed by atoms with E-state index in [-0.39, 0.29) is 18.7 Å². The average molecular weight is 482 g/mol. The maximum atomic E-state index is 13.1. The number of aromatic nitrogens is 1. The topological polar surface area (TPSA) is 95.3 Å². The number of hydrogen-bond acceptors (Lipinski definition) is 7. The Labute approximate surface area is 204 Å². The number of nitrogens with one attached hydrogen (secondary N) is 1. The number of nitrogens with zero attached hydrogens (tertiary/aromatic N) is 2. The molecule has 1 aliphatic heterocycles. The molecule has 0 aliphatic carbocycles. The maximum absolute atomic E-state index is 13.1. The molecule has 2 amide bonds. The molecule has 9 nitrogen and oxygen atoms in total. The molecular formula is C26H31N3O6. The lowest BCUT2D eigenvalue weighted by molar-refractivity contribution is 0.0788. The summed E-state index contributed by atoms with van der Waals surface area (Å²) in [5.74, 6) is 2.05. The van der Waals surface area contributed by atoms with Gasteiger partial charge in [-0.3, -0.25) is 0 Å². The number of hydrogen-bond donors (Lipinski definition) is 1. The van der Waals surface area contributed by atoms with Gasteiger partial charge in [-0.1, -0.05) is 35.5 Å². The Morgan fingerprint density at radius 3 is 2.46 bits per heavy atom. The van der Waals surface area contributed by atoms with Gasteiger partial charge in [-0.2, -0.15) is 0 Å². The second kappa shape index (κ2) is 11.6.